The second-order valence-corrected chi connectivity index (χ2v) is 8.04. The van der Waals surface area contributed by atoms with Crippen molar-refractivity contribution < 1.29 is 8.42 Å². The Kier molecular flexibility index (Phi) is 4.84. The van der Waals surface area contributed by atoms with Crippen LogP contribution in [0.15, 0.2) is 0 Å². The van der Waals surface area contributed by atoms with Crippen LogP contribution in [-0.2, 0) is 9.84 Å². The van der Waals surface area contributed by atoms with Gasteiger partial charge in [0.25, 0.3) is 0 Å². The van der Waals surface area contributed by atoms with Crippen molar-refractivity contribution in [2.24, 2.45) is 0 Å². The Bertz CT molecular complexity index is 389. The summed E-state index contributed by atoms with van der Waals surface area (Å²) in [5, 5.41) is 7.11. The third-order valence-electron chi connectivity index (χ3n) is 3.74. The lowest BCUT2D eigenvalue weighted by molar-refractivity contribution is 0.409. The van der Waals surface area contributed by atoms with Crippen molar-refractivity contribution >= 4 is 27.2 Å². The molecule has 1 unspecified atom stereocenters. The first-order valence-electron chi connectivity index (χ1n) is 6.83. The summed E-state index contributed by atoms with van der Waals surface area (Å²) in [7, 11) is -2.86. The fourth-order valence-electron chi connectivity index (χ4n) is 2.80. The SMILES string of the molecule is O=S1(=O)CCCC(NC(=S)NC2CCCCC2)C1. The molecule has 0 aromatic carbocycles. The maximum atomic E-state index is 11.5. The summed E-state index contributed by atoms with van der Waals surface area (Å²) in [5.74, 6) is 0.549. The maximum absolute atomic E-state index is 11.5. The van der Waals surface area contributed by atoms with Gasteiger partial charge in [0.15, 0.2) is 14.9 Å². The number of sulfone groups is 1. The van der Waals surface area contributed by atoms with E-state index in [4.69, 9.17) is 12.2 Å². The van der Waals surface area contributed by atoms with Gasteiger partial charge in [-0.05, 0) is 37.9 Å². The topological polar surface area (TPSA) is 58.2 Å². The van der Waals surface area contributed by atoms with E-state index in [0.29, 0.717) is 16.9 Å². The molecule has 4 nitrogen and oxygen atoms in total. The van der Waals surface area contributed by atoms with Crippen LogP contribution < -0.4 is 10.6 Å². The highest BCUT2D eigenvalue weighted by molar-refractivity contribution is 7.91. The Labute approximate surface area is 115 Å². The Morgan fingerprint density at radius 3 is 2.22 bits per heavy atom. The highest BCUT2D eigenvalue weighted by Gasteiger charge is 2.25. The van der Waals surface area contributed by atoms with Gasteiger partial charge in [-0.3, -0.25) is 0 Å². The molecule has 2 rings (SSSR count). The number of hydrogen-bond donors (Lipinski definition) is 2. The molecule has 1 aliphatic heterocycles. The molecule has 0 aromatic rings. The molecule has 104 valence electrons. The van der Waals surface area contributed by atoms with Gasteiger partial charge in [-0.2, -0.15) is 0 Å². The van der Waals surface area contributed by atoms with E-state index in [9.17, 15) is 8.42 Å². The van der Waals surface area contributed by atoms with E-state index >= 15 is 0 Å². The van der Waals surface area contributed by atoms with Gasteiger partial charge in [0.2, 0.25) is 0 Å². The van der Waals surface area contributed by atoms with E-state index in [1.54, 1.807) is 0 Å². The molecule has 0 aromatic heterocycles. The number of hydrogen-bond acceptors (Lipinski definition) is 3. The van der Waals surface area contributed by atoms with Crippen molar-refractivity contribution in [1.29, 1.82) is 0 Å². The van der Waals surface area contributed by atoms with Crippen molar-refractivity contribution in [3.8, 4) is 0 Å². The van der Waals surface area contributed by atoms with Crippen molar-refractivity contribution in [1.82, 2.24) is 10.6 Å². The molecule has 1 saturated heterocycles. The van der Waals surface area contributed by atoms with Crippen LogP contribution in [0.2, 0.25) is 0 Å². The van der Waals surface area contributed by atoms with Gasteiger partial charge in [0, 0.05) is 12.1 Å². The zero-order chi connectivity index (χ0) is 13.0. The van der Waals surface area contributed by atoms with E-state index in [2.05, 4.69) is 10.6 Å². The quantitative estimate of drug-likeness (QED) is 0.752. The third-order valence-corrected chi connectivity index (χ3v) is 5.80. The van der Waals surface area contributed by atoms with Gasteiger partial charge in [-0.25, -0.2) is 8.42 Å². The molecule has 1 saturated carbocycles. The van der Waals surface area contributed by atoms with Gasteiger partial charge in [0.1, 0.15) is 0 Å². The largest absolute Gasteiger partial charge is 0.360 e. The summed E-state index contributed by atoms with van der Waals surface area (Å²) in [6.07, 6.45) is 7.82. The van der Waals surface area contributed by atoms with Crippen LogP contribution in [0.1, 0.15) is 44.9 Å². The van der Waals surface area contributed by atoms with Crippen LogP contribution in [0.25, 0.3) is 0 Å². The first-order chi connectivity index (χ1) is 8.55. The van der Waals surface area contributed by atoms with Gasteiger partial charge >= 0.3 is 0 Å². The minimum absolute atomic E-state index is 0.00709. The molecule has 2 fully saturated rings. The van der Waals surface area contributed by atoms with E-state index in [1.165, 1.54) is 32.1 Å². The van der Waals surface area contributed by atoms with Crippen LogP contribution in [0, 0.1) is 0 Å². The average Bonchev–Trinajstić information content (AvgIpc) is 2.28. The second kappa shape index (κ2) is 6.19. The van der Waals surface area contributed by atoms with E-state index in [-0.39, 0.29) is 11.8 Å². The first kappa shape index (κ1) is 14.1. The molecule has 1 heterocycles. The van der Waals surface area contributed by atoms with Crippen molar-refractivity contribution in [3.05, 3.63) is 0 Å². The molecule has 6 heteroatoms. The molecule has 1 atom stereocenters. The van der Waals surface area contributed by atoms with Gasteiger partial charge in [-0.15, -0.1) is 0 Å². The molecule has 18 heavy (non-hydrogen) atoms. The number of thiocarbonyl (C=S) groups is 1. The Morgan fingerprint density at radius 2 is 1.56 bits per heavy atom. The fraction of sp³-hybridized carbons (Fsp3) is 0.917. The summed E-state index contributed by atoms with van der Waals surface area (Å²) in [6.45, 7) is 0. The number of rotatable bonds is 2. The monoisotopic (exact) mass is 290 g/mol. The number of nitrogens with one attached hydrogen (secondary N) is 2. The molecule has 2 N–H and O–H groups in total. The first-order valence-corrected chi connectivity index (χ1v) is 9.05. The molecular formula is C12H22N2O2S2. The van der Waals surface area contributed by atoms with Crippen LogP contribution in [-0.4, -0.2) is 37.1 Å². The van der Waals surface area contributed by atoms with E-state index in [0.717, 1.165) is 12.8 Å². The highest BCUT2D eigenvalue weighted by atomic mass is 32.2. The van der Waals surface area contributed by atoms with Gasteiger partial charge in [-0.1, -0.05) is 19.3 Å². The molecule has 0 radical (unpaired) electrons. The average molecular weight is 290 g/mol. The Morgan fingerprint density at radius 1 is 0.944 bits per heavy atom. The normalized spacial score (nSPS) is 28.6. The lowest BCUT2D eigenvalue weighted by Crippen LogP contribution is -2.50. The zero-order valence-electron chi connectivity index (χ0n) is 10.7. The Hall–Kier alpha value is -0.360. The van der Waals surface area contributed by atoms with Crippen LogP contribution in [0.5, 0.6) is 0 Å². The highest BCUT2D eigenvalue weighted by Crippen LogP contribution is 2.17. The predicted molar refractivity (Wildman–Crippen MR) is 77.4 cm³/mol. The minimum atomic E-state index is -2.86. The van der Waals surface area contributed by atoms with Crippen molar-refractivity contribution in [2.45, 2.75) is 57.0 Å². The smallest absolute Gasteiger partial charge is 0.166 e. The molecule has 1 aliphatic carbocycles. The molecule has 0 bridgehead atoms. The van der Waals surface area contributed by atoms with Gasteiger partial charge < -0.3 is 10.6 Å². The van der Waals surface area contributed by atoms with Crippen LogP contribution in [0.4, 0.5) is 0 Å². The molecule has 2 aliphatic rings. The summed E-state index contributed by atoms with van der Waals surface area (Å²) >= 11 is 5.27. The van der Waals surface area contributed by atoms with Crippen molar-refractivity contribution in [2.75, 3.05) is 11.5 Å². The van der Waals surface area contributed by atoms with Crippen molar-refractivity contribution in [3.63, 3.8) is 0 Å². The minimum Gasteiger partial charge on any atom is -0.360 e. The lowest BCUT2D eigenvalue weighted by atomic mass is 9.96. The summed E-state index contributed by atoms with van der Waals surface area (Å²) < 4.78 is 23.1. The van der Waals surface area contributed by atoms with Crippen LogP contribution in [0.3, 0.4) is 0 Å². The predicted octanol–water partition coefficient (Wildman–Crippen LogP) is 1.36. The molecule has 0 amide bonds. The second-order valence-electron chi connectivity index (χ2n) is 5.41. The third kappa shape index (κ3) is 4.39. The fourth-order valence-corrected chi connectivity index (χ4v) is 4.77. The lowest BCUT2D eigenvalue weighted by Gasteiger charge is -2.28. The summed E-state index contributed by atoms with van der Waals surface area (Å²) in [5.41, 5.74) is 0. The molecular weight excluding hydrogens is 268 g/mol. The van der Waals surface area contributed by atoms with E-state index in [1.807, 2.05) is 0 Å². The summed E-state index contributed by atoms with van der Waals surface area (Å²) in [4.78, 5) is 0. The Balaban J connectivity index is 1.76. The summed E-state index contributed by atoms with van der Waals surface area (Å²) in [6, 6.07) is 0.464. The standard InChI is InChI=1S/C12H22N2O2S2/c15-18(16)8-4-7-11(9-18)14-12(17)13-10-5-2-1-3-6-10/h10-11H,1-9H2,(H2,13,14,17). The van der Waals surface area contributed by atoms with Gasteiger partial charge in [0.05, 0.1) is 11.5 Å². The maximum Gasteiger partial charge on any atom is 0.166 e. The zero-order valence-corrected chi connectivity index (χ0v) is 12.3. The molecule has 0 spiro atoms. The van der Waals surface area contributed by atoms with Crippen LogP contribution >= 0.6 is 12.2 Å². The van der Waals surface area contributed by atoms with E-state index < -0.39 is 9.84 Å².